The van der Waals surface area contributed by atoms with Crippen molar-refractivity contribution < 1.29 is 9.52 Å². The average Bonchev–Trinajstić information content (AvgIpc) is 3.10. The maximum Gasteiger partial charge on any atom is 0.140 e. The summed E-state index contributed by atoms with van der Waals surface area (Å²) in [6.07, 6.45) is 4.19. The molecule has 0 spiro atoms. The number of hydrogen-bond donors (Lipinski definition) is 1. The summed E-state index contributed by atoms with van der Waals surface area (Å²) in [6.45, 7) is 0. The number of nitrogens with zero attached hydrogens (tertiary/aromatic N) is 2. The Bertz CT molecular complexity index is 614. The summed E-state index contributed by atoms with van der Waals surface area (Å²) >= 11 is 0. The highest BCUT2D eigenvalue weighted by Crippen LogP contribution is 2.22. The molecule has 0 saturated carbocycles. The smallest absolute Gasteiger partial charge is 0.140 e. The van der Waals surface area contributed by atoms with Gasteiger partial charge in [-0.2, -0.15) is 5.10 Å². The van der Waals surface area contributed by atoms with E-state index in [9.17, 15) is 5.11 Å². The van der Waals surface area contributed by atoms with Crippen molar-refractivity contribution in [2.75, 3.05) is 0 Å². The topological polar surface area (TPSA) is 51.2 Å². The van der Waals surface area contributed by atoms with E-state index in [1.807, 2.05) is 30.3 Å². The molecular weight excluding hydrogens is 228 g/mol. The van der Waals surface area contributed by atoms with Gasteiger partial charge < -0.3 is 9.52 Å². The standard InChI is InChI=1S/C14H12N2O2/c17-14(13-7-4-8-18-13)11-9-15-16(10-11)12-5-2-1-3-6-12/h1-10,14,17H. The lowest BCUT2D eigenvalue weighted by atomic mass is 10.1. The third-order valence-electron chi connectivity index (χ3n) is 2.75. The van der Waals surface area contributed by atoms with Crippen LogP contribution in [0.15, 0.2) is 65.5 Å². The highest BCUT2D eigenvalue weighted by atomic mass is 16.4. The molecule has 3 rings (SSSR count). The Kier molecular flexibility index (Phi) is 2.70. The number of aliphatic hydroxyl groups excluding tert-OH is 1. The third kappa shape index (κ3) is 1.94. The van der Waals surface area contributed by atoms with Crippen LogP contribution < -0.4 is 0 Å². The first-order valence-electron chi connectivity index (χ1n) is 5.66. The Hall–Kier alpha value is -2.33. The Morgan fingerprint density at radius 3 is 2.67 bits per heavy atom. The van der Waals surface area contributed by atoms with E-state index in [4.69, 9.17) is 4.42 Å². The van der Waals surface area contributed by atoms with E-state index in [1.54, 1.807) is 35.5 Å². The van der Waals surface area contributed by atoms with E-state index in [1.165, 1.54) is 0 Å². The molecule has 0 bridgehead atoms. The van der Waals surface area contributed by atoms with Crippen LogP contribution in [0.5, 0.6) is 0 Å². The van der Waals surface area contributed by atoms with E-state index in [-0.39, 0.29) is 0 Å². The van der Waals surface area contributed by atoms with Crippen molar-refractivity contribution in [2.45, 2.75) is 6.10 Å². The number of rotatable bonds is 3. The predicted octanol–water partition coefficient (Wildman–Crippen LogP) is 2.55. The minimum Gasteiger partial charge on any atom is -0.466 e. The van der Waals surface area contributed by atoms with Gasteiger partial charge in [-0.05, 0) is 24.3 Å². The Balaban J connectivity index is 1.90. The van der Waals surface area contributed by atoms with Crippen LogP contribution in [0.3, 0.4) is 0 Å². The van der Waals surface area contributed by atoms with Crippen molar-refractivity contribution in [1.29, 1.82) is 0 Å². The first kappa shape index (κ1) is 10.8. The van der Waals surface area contributed by atoms with Crippen LogP contribution >= 0.6 is 0 Å². The van der Waals surface area contributed by atoms with E-state index in [2.05, 4.69) is 5.10 Å². The van der Waals surface area contributed by atoms with Crippen LogP contribution in [0.1, 0.15) is 17.4 Å². The van der Waals surface area contributed by atoms with Crippen LogP contribution in [0, 0.1) is 0 Å². The molecule has 4 nitrogen and oxygen atoms in total. The van der Waals surface area contributed by atoms with Gasteiger partial charge in [-0.1, -0.05) is 18.2 Å². The van der Waals surface area contributed by atoms with Crippen LogP contribution in [0.2, 0.25) is 0 Å². The van der Waals surface area contributed by atoms with Gasteiger partial charge in [0.25, 0.3) is 0 Å². The van der Waals surface area contributed by atoms with Gasteiger partial charge in [-0.3, -0.25) is 0 Å². The molecular formula is C14H12N2O2. The maximum absolute atomic E-state index is 10.1. The molecule has 1 unspecified atom stereocenters. The van der Waals surface area contributed by atoms with Crippen molar-refractivity contribution in [2.24, 2.45) is 0 Å². The molecule has 3 aromatic rings. The monoisotopic (exact) mass is 240 g/mol. The van der Waals surface area contributed by atoms with E-state index >= 15 is 0 Å². The normalized spacial score (nSPS) is 12.5. The molecule has 0 aliphatic rings. The summed E-state index contributed by atoms with van der Waals surface area (Å²) < 4.78 is 6.90. The van der Waals surface area contributed by atoms with Gasteiger partial charge in [0.2, 0.25) is 0 Å². The lowest BCUT2D eigenvalue weighted by molar-refractivity contribution is 0.189. The summed E-state index contributed by atoms with van der Waals surface area (Å²) in [4.78, 5) is 0. The predicted molar refractivity (Wildman–Crippen MR) is 66.3 cm³/mol. The summed E-state index contributed by atoms with van der Waals surface area (Å²) in [6, 6.07) is 13.2. The lowest BCUT2D eigenvalue weighted by Crippen LogP contribution is -1.97. The molecule has 0 amide bonds. The molecule has 0 radical (unpaired) electrons. The fourth-order valence-electron chi connectivity index (χ4n) is 1.81. The minimum atomic E-state index is -0.780. The van der Waals surface area contributed by atoms with Gasteiger partial charge >= 0.3 is 0 Å². The zero-order valence-electron chi connectivity index (χ0n) is 9.60. The molecule has 1 aromatic carbocycles. The zero-order valence-corrected chi connectivity index (χ0v) is 9.60. The van der Waals surface area contributed by atoms with Gasteiger partial charge in [0, 0.05) is 11.8 Å². The van der Waals surface area contributed by atoms with Gasteiger partial charge in [-0.25, -0.2) is 4.68 Å². The SMILES string of the molecule is OC(c1cnn(-c2ccccc2)c1)c1ccco1. The first-order chi connectivity index (χ1) is 8.84. The molecule has 90 valence electrons. The second-order valence-corrected chi connectivity index (χ2v) is 3.97. The number of aliphatic hydroxyl groups is 1. The van der Waals surface area contributed by atoms with Gasteiger partial charge in [0.05, 0.1) is 18.1 Å². The molecule has 0 fully saturated rings. The highest BCUT2D eigenvalue weighted by Gasteiger charge is 2.15. The van der Waals surface area contributed by atoms with E-state index in [0.29, 0.717) is 11.3 Å². The van der Waals surface area contributed by atoms with Crippen LogP contribution in [0.4, 0.5) is 0 Å². The fraction of sp³-hybridized carbons (Fsp3) is 0.0714. The van der Waals surface area contributed by atoms with Gasteiger partial charge in [0.1, 0.15) is 11.9 Å². The largest absolute Gasteiger partial charge is 0.466 e. The molecule has 0 aliphatic heterocycles. The molecule has 2 heterocycles. The average molecular weight is 240 g/mol. The Labute approximate surface area is 104 Å². The van der Waals surface area contributed by atoms with E-state index in [0.717, 1.165) is 5.69 Å². The summed E-state index contributed by atoms with van der Waals surface area (Å²) in [5.74, 6) is 0.516. The Morgan fingerprint density at radius 1 is 1.11 bits per heavy atom. The lowest BCUT2D eigenvalue weighted by Gasteiger charge is -2.04. The van der Waals surface area contributed by atoms with Crippen LogP contribution in [-0.4, -0.2) is 14.9 Å². The highest BCUT2D eigenvalue weighted by molar-refractivity contribution is 5.32. The van der Waals surface area contributed by atoms with Crippen molar-refractivity contribution in [3.63, 3.8) is 0 Å². The second-order valence-electron chi connectivity index (χ2n) is 3.97. The molecule has 0 aliphatic carbocycles. The molecule has 4 heteroatoms. The van der Waals surface area contributed by atoms with Crippen molar-refractivity contribution in [3.8, 4) is 5.69 Å². The molecule has 1 atom stereocenters. The molecule has 0 saturated heterocycles. The quantitative estimate of drug-likeness (QED) is 0.765. The van der Waals surface area contributed by atoms with Gasteiger partial charge in [0.15, 0.2) is 0 Å². The number of hydrogen-bond acceptors (Lipinski definition) is 3. The second kappa shape index (κ2) is 4.50. The first-order valence-corrected chi connectivity index (χ1v) is 5.66. The fourth-order valence-corrected chi connectivity index (χ4v) is 1.81. The summed E-state index contributed by atoms with van der Waals surface area (Å²) in [5.41, 5.74) is 1.66. The van der Waals surface area contributed by atoms with Crippen LogP contribution in [0.25, 0.3) is 5.69 Å². The maximum atomic E-state index is 10.1. The number of benzene rings is 1. The number of furan rings is 1. The molecule has 1 N–H and O–H groups in total. The third-order valence-corrected chi connectivity index (χ3v) is 2.75. The molecule has 18 heavy (non-hydrogen) atoms. The summed E-state index contributed by atoms with van der Waals surface area (Å²) in [5, 5.41) is 14.3. The zero-order chi connectivity index (χ0) is 12.4. The van der Waals surface area contributed by atoms with Crippen molar-refractivity contribution >= 4 is 0 Å². The van der Waals surface area contributed by atoms with E-state index < -0.39 is 6.10 Å². The minimum absolute atomic E-state index is 0.516. The number of para-hydroxylation sites is 1. The van der Waals surface area contributed by atoms with Crippen molar-refractivity contribution in [3.05, 3.63) is 72.4 Å². The number of aromatic nitrogens is 2. The Morgan fingerprint density at radius 2 is 1.94 bits per heavy atom. The summed E-state index contributed by atoms with van der Waals surface area (Å²) in [7, 11) is 0. The molecule has 2 aromatic heterocycles. The van der Waals surface area contributed by atoms with Gasteiger partial charge in [-0.15, -0.1) is 0 Å². The van der Waals surface area contributed by atoms with Crippen LogP contribution in [-0.2, 0) is 0 Å². The van der Waals surface area contributed by atoms with Crippen molar-refractivity contribution in [1.82, 2.24) is 9.78 Å².